The fourth-order valence-electron chi connectivity index (χ4n) is 2.05. The van der Waals surface area contributed by atoms with Gasteiger partial charge in [-0.2, -0.15) is 0 Å². The minimum atomic E-state index is 0.598. The number of carbonyl (C=O) groups is 1. The van der Waals surface area contributed by atoms with E-state index in [1.165, 1.54) is 0 Å². The number of aromatic nitrogens is 2. The van der Waals surface area contributed by atoms with Crippen molar-refractivity contribution >= 4 is 17.8 Å². The summed E-state index contributed by atoms with van der Waals surface area (Å²) in [7, 11) is 0. The van der Waals surface area contributed by atoms with E-state index in [2.05, 4.69) is 23.4 Å². The molecule has 0 amide bonds. The van der Waals surface area contributed by atoms with E-state index in [0.717, 1.165) is 30.7 Å². The molecule has 4 heteroatoms. The maximum atomic E-state index is 11.3. The number of fused-ring (bicyclic) bond motifs is 1. The third kappa shape index (κ3) is 2.14. The molecule has 0 saturated heterocycles. The molecule has 0 saturated carbocycles. The van der Waals surface area contributed by atoms with Crippen molar-refractivity contribution in [3.63, 3.8) is 0 Å². The maximum absolute atomic E-state index is 11.3. The van der Waals surface area contributed by atoms with Crippen molar-refractivity contribution < 1.29 is 4.79 Å². The first-order valence-electron chi connectivity index (χ1n) is 6.10. The molecule has 0 aliphatic heterocycles. The molecular formula is C14H17N3O. The molecule has 0 atom stereocenters. The van der Waals surface area contributed by atoms with Crippen molar-refractivity contribution in [2.24, 2.45) is 0 Å². The Kier molecular flexibility index (Phi) is 3.77. The van der Waals surface area contributed by atoms with Gasteiger partial charge in [-0.25, -0.2) is 4.98 Å². The lowest BCUT2D eigenvalue weighted by Gasteiger charge is -2.20. The Balaban J connectivity index is 2.53. The SMILES string of the molecule is C=CCN(CCC)c1nc2ccccn2c1C=O. The molecule has 4 nitrogen and oxygen atoms in total. The number of hydrogen-bond acceptors (Lipinski definition) is 3. The van der Waals surface area contributed by atoms with Gasteiger partial charge in [0.1, 0.15) is 11.3 Å². The largest absolute Gasteiger partial charge is 0.351 e. The lowest BCUT2D eigenvalue weighted by atomic mass is 10.3. The predicted octanol–water partition coefficient (Wildman–Crippen LogP) is 2.55. The monoisotopic (exact) mass is 243 g/mol. The van der Waals surface area contributed by atoms with Gasteiger partial charge in [-0.05, 0) is 18.6 Å². The van der Waals surface area contributed by atoms with Crippen LogP contribution in [0.3, 0.4) is 0 Å². The van der Waals surface area contributed by atoms with E-state index in [9.17, 15) is 4.79 Å². The minimum Gasteiger partial charge on any atom is -0.351 e. The second kappa shape index (κ2) is 5.49. The second-order valence-corrected chi connectivity index (χ2v) is 4.10. The number of rotatable bonds is 6. The fourth-order valence-corrected chi connectivity index (χ4v) is 2.05. The Morgan fingerprint density at radius 2 is 2.33 bits per heavy atom. The van der Waals surface area contributed by atoms with Crippen LogP contribution in [0.4, 0.5) is 5.82 Å². The van der Waals surface area contributed by atoms with Crippen LogP contribution in [0.25, 0.3) is 5.65 Å². The third-order valence-corrected chi connectivity index (χ3v) is 2.80. The lowest BCUT2D eigenvalue weighted by molar-refractivity contribution is 0.111. The van der Waals surface area contributed by atoms with E-state index in [0.29, 0.717) is 12.2 Å². The van der Waals surface area contributed by atoms with Gasteiger partial charge in [0.2, 0.25) is 0 Å². The molecule has 2 rings (SSSR count). The zero-order valence-electron chi connectivity index (χ0n) is 10.5. The molecule has 0 radical (unpaired) electrons. The smallest absolute Gasteiger partial charge is 0.170 e. The molecule has 0 N–H and O–H groups in total. The molecule has 0 unspecified atom stereocenters. The van der Waals surface area contributed by atoms with Gasteiger partial charge in [-0.15, -0.1) is 6.58 Å². The normalized spacial score (nSPS) is 10.5. The quantitative estimate of drug-likeness (QED) is 0.578. The first-order valence-corrected chi connectivity index (χ1v) is 6.10. The predicted molar refractivity (Wildman–Crippen MR) is 73.3 cm³/mol. The Morgan fingerprint density at radius 3 is 3.00 bits per heavy atom. The zero-order chi connectivity index (χ0) is 13.0. The highest BCUT2D eigenvalue weighted by molar-refractivity contribution is 5.83. The highest BCUT2D eigenvalue weighted by Crippen LogP contribution is 2.20. The lowest BCUT2D eigenvalue weighted by Crippen LogP contribution is -2.25. The number of nitrogens with zero attached hydrogens (tertiary/aromatic N) is 3. The molecule has 0 fully saturated rings. The number of aldehydes is 1. The Morgan fingerprint density at radius 1 is 1.50 bits per heavy atom. The van der Waals surface area contributed by atoms with Gasteiger partial charge in [-0.3, -0.25) is 9.20 Å². The molecule has 0 aliphatic carbocycles. The highest BCUT2D eigenvalue weighted by atomic mass is 16.1. The Hall–Kier alpha value is -2.10. The van der Waals surface area contributed by atoms with Crippen LogP contribution in [0.2, 0.25) is 0 Å². The van der Waals surface area contributed by atoms with Gasteiger partial charge in [0.15, 0.2) is 12.1 Å². The van der Waals surface area contributed by atoms with E-state index in [-0.39, 0.29) is 0 Å². The summed E-state index contributed by atoms with van der Waals surface area (Å²) in [6, 6.07) is 5.70. The summed E-state index contributed by atoms with van der Waals surface area (Å²) >= 11 is 0. The van der Waals surface area contributed by atoms with Crippen molar-refractivity contribution in [3.05, 3.63) is 42.7 Å². The summed E-state index contributed by atoms with van der Waals surface area (Å²) in [5.41, 5.74) is 1.39. The Labute approximate surface area is 107 Å². The molecule has 0 aliphatic rings. The molecule has 0 aromatic carbocycles. The van der Waals surface area contributed by atoms with E-state index < -0.39 is 0 Å². The molecule has 2 heterocycles. The van der Waals surface area contributed by atoms with Gasteiger partial charge >= 0.3 is 0 Å². The van der Waals surface area contributed by atoms with Crippen LogP contribution in [0, 0.1) is 0 Å². The van der Waals surface area contributed by atoms with Crippen LogP contribution < -0.4 is 4.90 Å². The summed E-state index contributed by atoms with van der Waals surface area (Å²) in [6.07, 6.45) is 5.54. The van der Waals surface area contributed by atoms with E-state index in [1.54, 1.807) is 0 Å². The first-order chi connectivity index (χ1) is 8.81. The van der Waals surface area contributed by atoms with Crippen molar-refractivity contribution in [2.45, 2.75) is 13.3 Å². The van der Waals surface area contributed by atoms with Crippen molar-refractivity contribution in [1.29, 1.82) is 0 Å². The number of pyridine rings is 1. The van der Waals surface area contributed by atoms with Gasteiger partial charge in [0.05, 0.1) is 0 Å². The van der Waals surface area contributed by atoms with Crippen molar-refractivity contribution in [1.82, 2.24) is 9.38 Å². The number of anilines is 1. The second-order valence-electron chi connectivity index (χ2n) is 4.10. The average Bonchev–Trinajstić information content (AvgIpc) is 2.76. The van der Waals surface area contributed by atoms with Gasteiger partial charge in [0, 0.05) is 19.3 Å². The van der Waals surface area contributed by atoms with Gasteiger partial charge in [-0.1, -0.05) is 19.1 Å². The summed E-state index contributed by atoms with van der Waals surface area (Å²) in [6.45, 7) is 7.41. The molecular weight excluding hydrogens is 226 g/mol. The first kappa shape index (κ1) is 12.4. The maximum Gasteiger partial charge on any atom is 0.170 e. The molecule has 94 valence electrons. The average molecular weight is 243 g/mol. The molecule has 18 heavy (non-hydrogen) atoms. The van der Waals surface area contributed by atoms with Crippen LogP contribution in [0.5, 0.6) is 0 Å². The van der Waals surface area contributed by atoms with Crippen LogP contribution in [0.1, 0.15) is 23.8 Å². The minimum absolute atomic E-state index is 0.598. The summed E-state index contributed by atoms with van der Waals surface area (Å²) in [5, 5.41) is 0. The summed E-state index contributed by atoms with van der Waals surface area (Å²) in [5.74, 6) is 0.734. The highest BCUT2D eigenvalue weighted by Gasteiger charge is 2.16. The molecule has 2 aromatic heterocycles. The van der Waals surface area contributed by atoms with Crippen molar-refractivity contribution in [2.75, 3.05) is 18.0 Å². The van der Waals surface area contributed by atoms with Crippen LogP contribution in [-0.2, 0) is 0 Å². The number of carbonyl (C=O) groups excluding carboxylic acids is 1. The number of hydrogen-bond donors (Lipinski definition) is 0. The molecule has 2 aromatic rings. The Bertz CT molecular complexity index is 559. The topological polar surface area (TPSA) is 37.6 Å². The van der Waals surface area contributed by atoms with Gasteiger partial charge in [0.25, 0.3) is 0 Å². The van der Waals surface area contributed by atoms with Gasteiger partial charge < -0.3 is 4.90 Å². The molecule has 0 bridgehead atoms. The fraction of sp³-hybridized carbons (Fsp3) is 0.286. The standard InChI is InChI=1S/C14H17N3O/c1-3-8-16(9-4-2)14-12(11-18)17-10-6-5-7-13(17)15-14/h3,5-7,10-11H,1,4,8-9H2,2H3. The third-order valence-electron chi connectivity index (χ3n) is 2.80. The number of imidazole rings is 1. The van der Waals surface area contributed by atoms with E-state index >= 15 is 0 Å². The summed E-state index contributed by atoms with van der Waals surface area (Å²) in [4.78, 5) is 17.9. The summed E-state index contributed by atoms with van der Waals surface area (Å²) < 4.78 is 1.81. The van der Waals surface area contributed by atoms with Crippen LogP contribution in [0.15, 0.2) is 37.1 Å². The van der Waals surface area contributed by atoms with Crippen LogP contribution in [-0.4, -0.2) is 28.8 Å². The van der Waals surface area contributed by atoms with Crippen LogP contribution >= 0.6 is 0 Å². The molecule has 0 spiro atoms. The zero-order valence-corrected chi connectivity index (χ0v) is 10.5. The van der Waals surface area contributed by atoms with E-state index in [1.807, 2.05) is 34.9 Å². The van der Waals surface area contributed by atoms with Crippen molar-refractivity contribution in [3.8, 4) is 0 Å². The van der Waals surface area contributed by atoms with E-state index in [4.69, 9.17) is 0 Å².